The van der Waals surface area contributed by atoms with Gasteiger partial charge in [0, 0.05) is 53.2 Å². The van der Waals surface area contributed by atoms with Crippen molar-refractivity contribution in [1.29, 1.82) is 0 Å². The third kappa shape index (κ3) is 6.77. The Morgan fingerprint density at radius 3 is 2.44 bits per heavy atom. The number of pyridine rings is 1. The zero-order valence-electron chi connectivity index (χ0n) is 20.8. The van der Waals surface area contributed by atoms with Gasteiger partial charge in [-0.05, 0) is 58.9 Å². The van der Waals surface area contributed by atoms with Crippen LogP contribution in [-0.4, -0.2) is 53.1 Å². The summed E-state index contributed by atoms with van der Waals surface area (Å²) in [5.41, 5.74) is 2.53. The molecule has 182 valence electrons. The van der Waals surface area contributed by atoms with Crippen LogP contribution in [0.2, 0.25) is 0 Å². The van der Waals surface area contributed by atoms with E-state index in [1.54, 1.807) is 19.5 Å². The molecular formula is C26H34N4O3S. The molecule has 0 saturated heterocycles. The van der Waals surface area contributed by atoms with Crippen molar-refractivity contribution < 1.29 is 14.3 Å². The summed E-state index contributed by atoms with van der Waals surface area (Å²) >= 11 is 1.53. The minimum atomic E-state index is -0.102. The molecule has 0 aliphatic carbocycles. The standard InChI is InChI=1S/C26H34N4O3S/c1-17(2)30(18(3)4)13-14-33-23-15-21(7-8-22(23)32-6)29-25(31)16-24-19(5)28-26(34-24)20-9-11-27-12-10-20/h7-12,15,17-18H,13-14,16H2,1-6H3,(H,29,31). The van der Waals surface area contributed by atoms with Crippen LogP contribution in [-0.2, 0) is 11.2 Å². The highest BCUT2D eigenvalue weighted by Gasteiger charge is 2.16. The van der Waals surface area contributed by atoms with E-state index in [0.29, 0.717) is 35.9 Å². The molecule has 2 aromatic heterocycles. The number of nitrogens with one attached hydrogen (secondary N) is 1. The molecule has 0 saturated carbocycles. The van der Waals surface area contributed by atoms with Crippen molar-refractivity contribution in [2.45, 2.75) is 53.1 Å². The molecule has 1 amide bonds. The van der Waals surface area contributed by atoms with Gasteiger partial charge in [-0.25, -0.2) is 4.98 Å². The molecule has 1 aromatic carbocycles. The van der Waals surface area contributed by atoms with Gasteiger partial charge in [0.2, 0.25) is 5.91 Å². The van der Waals surface area contributed by atoms with E-state index in [4.69, 9.17) is 9.47 Å². The second-order valence-electron chi connectivity index (χ2n) is 8.63. The average Bonchev–Trinajstić information content (AvgIpc) is 3.17. The van der Waals surface area contributed by atoms with Crippen molar-refractivity contribution in [3.05, 3.63) is 53.3 Å². The molecule has 0 aliphatic rings. The van der Waals surface area contributed by atoms with Crippen LogP contribution >= 0.6 is 11.3 Å². The van der Waals surface area contributed by atoms with Crippen molar-refractivity contribution in [3.63, 3.8) is 0 Å². The van der Waals surface area contributed by atoms with E-state index >= 15 is 0 Å². The van der Waals surface area contributed by atoms with Gasteiger partial charge in [0.1, 0.15) is 11.6 Å². The number of benzene rings is 1. The number of rotatable bonds is 11. The van der Waals surface area contributed by atoms with Crippen molar-refractivity contribution in [2.75, 3.05) is 25.6 Å². The number of thiazole rings is 1. The summed E-state index contributed by atoms with van der Waals surface area (Å²) in [7, 11) is 1.61. The quantitative estimate of drug-likeness (QED) is 0.405. The van der Waals surface area contributed by atoms with E-state index in [9.17, 15) is 4.79 Å². The highest BCUT2D eigenvalue weighted by atomic mass is 32.1. The zero-order chi connectivity index (χ0) is 24.7. The van der Waals surface area contributed by atoms with Gasteiger partial charge < -0.3 is 14.8 Å². The second kappa shape index (κ2) is 11.9. The Balaban J connectivity index is 1.64. The van der Waals surface area contributed by atoms with Crippen LogP contribution in [0.25, 0.3) is 10.6 Å². The Morgan fingerprint density at radius 1 is 1.09 bits per heavy atom. The largest absolute Gasteiger partial charge is 0.493 e. The number of carbonyl (C=O) groups excluding carboxylic acids is 1. The van der Waals surface area contributed by atoms with Gasteiger partial charge in [0.15, 0.2) is 11.5 Å². The van der Waals surface area contributed by atoms with Gasteiger partial charge in [-0.3, -0.25) is 14.7 Å². The number of aryl methyl sites for hydroxylation is 1. The van der Waals surface area contributed by atoms with Crippen molar-refractivity contribution in [1.82, 2.24) is 14.9 Å². The van der Waals surface area contributed by atoms with Gasteiger partial charge in [0.25, 0.3) is 0 Å². The lowest BCUT2D eigenvalue weighted by atomic mass is 10.2. The van der Waals surface area contributed by atoms with Crippen molar-refractivity contribution in [3.8, 4) is 22.1 Å². The molecule has 3 rings (SSSR count). The van der Waals surface area contributed by atoms with E-state index < -0.39 is 0 Å². The Hall–Kier alpha value is -2.97. The van der Waals surface area contributed by atoms with E-state index in [0.717, 1.165) is 27.7 Å². The predicted molar refractivity (Wildman–Crippen MR) is 138 cm³/mol. The molecule has 3 aromatic rings. The minimum absolute atomic E-state index is 0.102. The molecule has 7 nitrogen and oxygen atoms in total. The van der Waals surface area contributed by atoms with Crippen LogP contribution in [0.15, 0.2) is 42.7 Å². The summed E-state index contributed by atoms with van der Waals surface area (Å²) in [6, 6.07) is 10.2. The monoisotopic (exact) mass is 482 g/mol. The van der Waals surface area contributed by atoms with E-state index in [1.165, 1.54) is 11.3 Å². The number of ether oxygens (including phenoxy) is 2. The summed E-state index contributed by atoms with van der Waals surface area (Å²) in [5.74, 6) is 1.15. The first-order valence-corrected chi connectivity index (χ1v) is 12.3. The summed E-state index contributed by atoms with van der Waals surface area (Å²) in [6.45, 7) is 12.0. The van der Waals surface area contributed by atoms with Gasteiger partial charge in [0.05, 0.1) is 19.2 Å². The smallest absolute Gasteiger partial charge is 0.229 e. The maximum Gasteiger partial charge on any atom is 0.229 e. The first kappa shape index (κ1) is 25.6. The SMILES string of the molecule is COc1ccc(NC(=O)Cc2sc(-c3ccncc3)nc2C)cc1OCCN(C(C)C)C(C)C. The maximum atomic E-state index is 12.8. The molecule has 0 fully saturated rings. The molecule has 8 heteroatoms. The van der Waals surface area contributed by atoms with Gasteiger partial charge in [-0.2, -0.15) is 0 Å². The summed E-state index contributed by atoms with van der Waals surface area (Å²) in [6.07, 6.45) is 3.74. The molecule has 0 bridgehead atoms. The van der Waals surface area contributed by atoms with Crippen LogP contribution < -0.4 is 14.8 Å². The third-order valence-electron chi connectivity index (χ3n) is 5.52. The zero-order valence-corrected chi connectivity index (χ0v) is 21.6. The molecule has 2 heterocycles. The summed E-state index contributed by atoms with van der Waals surface area (Å²) < 4.78 is 11.5. The van der Waals surface area contributed by atoms with Crippen LogP contribution in [0.3, 0.4) is 0 Å². The third-order valence-corrected chi connectivity index (χ3v) is 6.73. The Morgan fingerprint density at radius 2 is 1.79 bits per heavy atom. The predicted octanol–water partition coefficient (Wildman–Crippen LogP) is 5.20. The number of nitrogens with zero attached hydrogens (tertiary/aromatic N) is 3. The number of amides is 1. The Bertz CT molecular complexity index is 1070. The van der Waals surface area contributed by atoms with Crippen LogP contribution in [0.1, 0.15) is 38.3 Å². The molecule has 0 atom stereocenters. The molecule has 0 radical (unpaired) electrons. The Labute approximate surface area is 206 Å². The highest BCUT2D eigenvalue weighted by molar-refractivity contribution is 7.15. The molecule has 0 unspecified atom stereocenters. The van der Waals surface area contributed by atoms with Crippen LogP contribution in [0, 0.1) is 6.92 Å². The molecule has 1 N–H and O–H groups in total. The lowest BCUT2D eigenvalue weighted by molar-refractivity contribution is -0.115. The van der Waals surface area contributed by atoms with Crippen LogP contribution in [0.5, 0.6) is 11.5 Å². The van der Waals surface area contributed by atoms with Gasteiger partial charge in [-0.1, -0.05) is 0 Å². The molecule has 34 heavy (non-hydrogen) atoms. The molecule has 0 spiro atoms. The highest BCUT2D eigenvalue weighted by Crippen LogP contribution is 2.31. The topological polar surface area (TPSA) is 76.6 Å². The lowest BCUT2D eigenvalue weighted by Gasteiger charge is -2.30. The fourth-order valence-corrected chi connectivity index (χ4v) is 4.87. The second-order valence-corrected chi connectivity index (χ2v) is 9.71. The number of hydrogen-bond donors (Lipinski definition) is 1. The van der Waals surface area contributed by atoms with E-state index in [-0.39, 0.29) is 12.3 Å². The van der Waals surface area contributed by atoms with Crippen molar-refractivity contribution in [2.24, 2.45) is 0 Å². The first-order valence-electron chi connectivity index (χ1n) is 11.5. The average molecular weight is 483 g/mol. The number of carbonyl (C=O) groups is 1. The van der Waals surface area contributed by atoms with E-state index in [1.807, 2.05) is 37.3 Å². The number of hydrogen-bond acceptors (Lipinski definition) is 7. The first-order chi connectivity index (χ1) is 16.3. The Kier molecular flexibility index (Phi) is 9.01. The minimum Gasteiger partial charge on any atom is -0.493 e. The summed E-state index contributed by atoms with van der Waals surface area (Å²) in [5, 5.41) is 3.87. The number of anilines is 1. The summed E-state index contributed by atoms with van der Waals surface area (Å²) in [4.78, 5) is 24.8. The van der Waals surface area contributed by atoms with Gasteiger partial charge >= 0.3 is 0 Å². The molecular weight excluding hydrogens is 448 g/mol. The van der Waals surface area contributed by atoms with Crippen LogP contribution in [0.4, 0.5) is 5.69 Å². The fraction of sp³-hybridized carbons (Fsp3) is 0.423. The van der Waals surface area contributed by atoms with Gasteiger partial charge in [-0.15, -0.1) is 11.3 Å². The lowest BCUT2D eigenvalue weighted by Crippen LogP contribution is -2.39. The number of aromatic nitrogens is 2. The normalized spacial score (nSPS) is 11.3. The maximum absolute atomic E-state index is 12.8. The molecule has 0 aliphatic heterocycles. The van der Waals surface area contributed by atoms with Crippen molar-refractivity contribution >= 4 is 22.9 Å². The van der Waals surface area contributed by atoms with E-state index in [2.05, 4.69) is 47.9 Å². The fourth-order valence-electron chi connectivity index (χ4n) is 3.80. The number of methoxy groups -OCH3 is 1.